The molecule has 2 saturated heterocycles. The summed E-state index contributed by atoms with van der Waals surface area (Å²) in [4.78, 5) is 26.6. The minimum atomic E-state index is -0.497. The topological polar surface area (TPSA) is 61.4 Å². The molecule has 136 valence electrons. The molecule has 3 unspecified atom stereocenters. The number of carbonyl (C=O) groups excluding carboxylic acids is 2. The van der Waals surface area contributed by atoms with Gasteiger partial charge in [0.1, 0.15) is 6.04 Å². The molecule has 5 nitrogen and oxygen atoms in total. The molecule has 2 aliphatic heterocycles. The van der Waals surface area contributed by atoms with Crippen LogP contribution in [0.15, 0.2) is 30.3 Å². The normalized spacial score (nSPS) is 26.1. The molecular formula is C20H29N3O2. The van der Waals surface area contributed by atoms with Crippen molar-refractivity contribution >= 4 is 11.8 Å². The Morgan fingerprint density at radius 1 is 1.16 bits per heavy atom. The molecule has 0 radical (unpaired) electrons. The van der Waals surface area contributed by atoms with Gasteiger partial charge in [-0.05, 0) is 37.2 Å². The van der Waals surface area contributed by atoms with Crippen LogP contribution in [-0.4, -0.2) is 48.9 Å². The van der Waals surface area contributed by atoms with Crippen molar-refractivity contribution in [3.63, 3.8) is 0 Å². The fourth-order valence-corrected chi connectivity index (χ4v) is 4.22. The summed E-state index contributed by atoms with van der Waals surface area (Å²) in [6.07, 6.45) is 5.68. The van der Waals surface area contributed by atoms with Gasteiger partial charge < -0.3 is 15.5 Å². The Hall–Kier alpha value is -1.88. The van der Waals surface area contributed by atoms with Crippen molar-refractivity contribution in [1.82, 2.24) is 15.5 Å². The SMILES string of the molecule is CN(C)C(=O)C(Cc1ccccc1)NC(=O)CC1CC2CCC(C1)N2. The first-order chi connectivity index (χ1) is 12.0. The predicted molar refractivity (Wildman–Crippen MR) is 98.1 cm³/mol. The van der Waals surface area contributed by atoms with Crippen molar-refractivity contribution in [2.45, 2.75) is 56.7 Å². The molecule has 2 amide bonds. The predicted octanol–water partition coefficient (Wildman–Crippen LogP) is 1.72. The average molecular weight is 343 g/mol. The van der Waals surface area contributed by atoms with Crippen molar-refractivity contribution in [3.8, 4) is 0 Å². The molecule has 3 atom stereocenters. The molecule has 5 heteroatoms. The van der Waals surface area contributed by atoms with Crippen LogP contribution >= 0.6 is 0 Å². The molecular weight excluding hydrogens is 314 g/mol. The number of piperidine rings is 1. The highest BCUT2D eigenvalue weighted by Gasteiger charge is 2.34. The van der Waals surface area contributed by atoms with Gasteiger partial charge in [-0.3, -0.25) is 9.59 Å². The van der Waals surface area contributed by atoms with E-state index < -0.39 is 6.04 Å². The largest absolute Gasteiger partial charge is 0.347 e. The van der Waals surface area contributed by atoms with E-state index >= 15 is 0 Å². The Labute approximate surface area is 150 Å². The van der Waals surface area contributed by atoms with E-state index in [-0.39, 0.29) is 11.8 Å². The van der Waals surface area contributed by atoms with E-state index in [2.05, 4.69) is 10.6 Å². The molecule has 0 spiro atoms. The Morgan fingerprint density at radius 3 is 2.40 bits per heavy atom. The number of hydrogen-bond acceptors (Lipinski definition) is 3. The highest BCUT2D eigenvalue weighted by Crippen LogP contribution is 2.32. The number of likely N-dealkylation sites (N-methyl/N-ethyl adjacent to an activating group) is 1. The second kappa shape index (κ2) is 8.00. The van der Waals surface area contributed by atoms with E-state index in [9.17, 15) is 9.59 Å². The van der Waals surface area contributed by atoms with Gasteiger partial charge in [-0.25, -0.2) is 0 Å². The van der Waals surface area contributed by atoms with Gasteiger partial charge >= 0.3 is 0 Å². The van der Waals surface area contributed by atoms with Crippen molar-refractivity contribution in [3.05, 3.63) is 35.9 Å². The molecule has 2 aliphatic rings. The van der Waals surface area contributed by atoms with E-state index in [0.29, 0.717) is 30.8 Å². The molecule has 1 aromatic carbocycles. The van der Waals surface area contributed by atoms with E-state index in [1.165, 1.54) is 12.8 Å². The highest BCUT2D eigenvalue weighted by atomic mass is 16.2. The Morgan fingerprint density at radius 2 is 1.80 bits per heavy atom. The van der Waals surface area contributed by atoms with E-state index in [1.807, 2.05) is 30.3 Å². The third-order valence-corrected chi connectivity index (χ3v) is 5.40. The fraction of sp³-hybridized carbons (Fsp3) is 0.600. The minimum Gasteiger partial charge on any atom is -0.347 e. The summed E-state index contributed by atoms with van der Waals surface area (Å²) in [5.41, 5.74) is 1.06. The third kappa shape index (κ3) is 4.82. The standard InChI is InChI=1S/C20H29N3O2/c1-23(2)20(25)18(12-14-6-4-3-5-7-14)22-19(24)13-15-10-16-8-9-17(11-15)21-16/h3-7,15-18,21H,8-13H2,1-2H3,(H,22,24). The molecule has 2 fully saturated rings. The first-order valence-electron chi connectivity index (χ1n) is 9.31. The van der Waals surface area contributed by atoms with E-state index in [1.54, 1.807) is 19.0 Å². The van der Waals surface area contributed by atoms with Gasteiger partial charge in [0, 0.05) is 39.0 Å². The summed E-state index contributed by atoms with van der Waals surface area (Å²) < 4.78 is 0. The monoisotopic (exact) mass is 343 g/mol. The fourth-order valence-electron chi connectivity index (χ4n) is 4.22. The maximum Gasteiger partial charge on any atom is 0.244 e. The number of benzene rings is 1. The lowest BCUT2D eigenvalue weighted by atomic mass is 9.89. The maximum atomic E-state index is 12.6. The van der Waals surface area contributed by atoms with Crippen LogP contribution in [0, 0.1) is 5.92 Å². The molecule has 0 aliphatic carbocycles. The zero-order chi connectivity index (χ0) is 17.8. The number of rotatable bonds is 6. The summed E-state index contributed by atoms with van der Waals surface area (Å²) in [5.74, 6) is 0.385. The number of amides is 2. The van der Waals surface area contributed by atoms with Gasteiger partial charge in [-0.2, -0.15) is 0 Å². The molecule has 2 bridgehead atoms. The number of nitrogens with one attached hydrogen (secondary N) is 2. The summed E-state index contributed by atoms with van der Waals surface area (Å²) in [5, 5.41) is 6.60. The molecule has 1 aromatic rings. The van der Waals surface area contributed by atoms with Gasteiger partial charge in [-0.15, -0.1) is 0 Å². The van der Waals surface area contributed by atoms with Gasteiger partial charge in [0.05, 0.1) is 0 Å². The van der Waals surface area contributed by atoms with Crippen LogP contribution < -0.4 is 10.6 Å². The lowest BCUT2D eigenvalue weighted by Crippen LogP contribution is -2.48. The summed E-state index contributed by atoms with van der Waals surface area (Å²) in [6.45, 7) is 0. The zero-order valence-electron chi connectivity index (χ0n) is 15.2. The Bertz CT molecular complexity index is 590. The van der Waals surface area contributed by atoms with Crippen molar-refractivity contribution < 1.29 is 9.59 Å². The summed E-state index contributed by atoms with van der Waals surface area (Å²) in [7, 11) is 3.47. The molecule has 0 saturated carbocycles. The van der Waals surface area contributed by atoms with E-state index in [0.717, 1.165) is 18.4 Å². The molecule has 25 heavy (non-hydrogen) atoms. The van der Waals surface area contributed by atoms with Gasteiger partial charge in [-0.1, -0.05) is 30.3 Å². The second-order valence-corrected chi connectivity index (χ2v) is 7.72. The third-order valence-electron chi connectivity index (χ3n) is 5.40. The summed E-state index contributed by atoms with van der Waals surface area (Å²) >= 11 is 0. The molecule has 2 heterocycles. The van der Waals surface area contributed by atoms with Crippen LogP contribution in [0.5, 0.6) is 0 Å². The van der Waals surface area contributed by atoms with Crippen LogP contribution in [0.25, 0.3) is 0 Å². The average Bonchev–Trinajstić information content (AvgIpc) is 2.93. The first kappa shape index (κ1) is 17.9. The number of carbonyl (C=O) groups is 2. The van der Waals surface area contributed by atoms with Gasteiger partial charge in [0.25, 0.3) is 0 Å². The number of fused-ring (bicyclic) bond motifs is 2. The number of hydrogen-bond donors (Lipinski definition) is 2. The Kier molecular flexibility index (Phi) is 5.74. The number of nitrogens with zero attached hydrogens (tertiary/aromatic N) is 1. The van der Waals surface area contributed by atoms with Crippen molar-refractivity contribution in [2.24, 2.45) is 5.92 Å². The quantitative estimate of drug-likeness (QED) is 0.827. The van der Waals surface area contributed by atoms with Crippen molar-refractivity contribution in [2.75, 3.05) is 14.1 Å². The smallest absolute Gasteiger partial charge is 0.244 e. The van der Waals surface area contributed by atoms with Gasteiger partial charge in [0.15, 0.2) is 0 Å². The first-order valence-corrected chi connectivity index (χ1v) is 9.31. The van der Waals surface area contributed by atoms with Crippen LogP contribution in [0.1, 0.15) is 37.7 Å². The van der Waals surface area contributed by atoms with Gasteiger partial charge in [0.2, 0.25) is 11.8 Å². The van der Waals surface area contributed by atoms with Crippen LogP contribution in [0.2, 0.25) is 0 Å². The van der Waals surface area contributed by atoms with Crippen molar-refractivity contribution in [1.29, 1.82) is 0 Å². The Balaban J connectivity index is 1.59. The molecule has 3 rings (SSSR count). The maximum absolute atomic E-state index is 12.6. The second-order valence-electron chi connectivity index (χ2n) is 7.72. The summed E-state index contributed by atoms with van der Waals surface area (Å²) in [6, 6.07) is 10.5. The lowest BCUT2D eigenvalue weighted by molar-refractivity contribution is -0.134. The van der Waals surface area contributed by atoms with Crippen LogP contribution in [-0.2, 0) is 16.0 Å². The lowest BCUT2D eigenvalue weighted by Gasteiger charge is -2.29. The molecule has 2 N–H and O–H groups in total. The van der Waals surface area contributed by atoms with Crippen LogP contribution in [0.4, 0.5) is 0 Å². The zero-order valence-corrected chi connectivity index (χ0v) is 15.2. The highest BCUT2D eigenvalue weighted by molar-refractivity contribution is 5.87. The molecule has 0 aromatic heterocycles. The minimum absolute atomic E-state index is 0.00225. The van der Waals surface area contributed by atoms with Crippen LogP contribution in [0.3, 0.4) is 0 Å². The van der Waals surface area contributed by atoms with E-state index in [4.69, 9.17) is 0 Å².